The maximum atomic E-state index is 11.1. The molecule has 0 unspecified atom stereocenters. The second-order valence-electron chi connectivity index (χ2n) is 3.07. The number of pyridine rings is 1. The lowest BCUT2D eigenvalue weighted by molar-refractivity contribution is -0.119. The monoisotopic (exact) mass is 263 g/mol. The van der Waals surface area contributed by atoms with E-state index in [2.05, 4.69) is 10.3 Å². The highest BCUT2D eigenvalue weighted by atomic mass is 35.5. The van der Waals surface area contributed by atoms with Crippen molar-refractivity contribution < 1.29 is 9.90 Å². The Morgan fingerprint density at radius 1 is 1.69 bits per heavy atom. The number of halogens is 2. The van der Waals surface area contributed by atoms with Crippen LogP contribution in [0.3, 0.4) is 0 Å². The van der Waals surface area contributed by atoms with Crippen molar-refractivity contribution in [1.29, 1.82) is 0 Å². The Morgan fingerprint density at radius 2 is 2.38 bits per heavy atom. The van der Waals surface area contributed by atoms with E-state index in [0.717, 1.165) is 0 Å². The van der Waals surface area contributed by atoms with Gasteiger partial charge in [0, 0.05) is 5.56 Å². The summed E-state index contributed by atoms with van der Waals surface area (Å²) >= 11 is 11.0. The third-order valence-electron chi connectivity index (χ3n) is 1.95. The first-order valence-electron chi connectivity index (χ1n) is 4.45. The molecule has 1 atom stereocenters. The minimum atomic E-state index is -0.633. The molecule has 0 saturated carbocycles. The van der Waals surface area contributed by atoms with Gasteiger partial charge in [-0.3, -0.25) is 4.79 Å². The molecule has 1 aromatic heterocycles. The number of hydrogen-bond donors (Lipinski definition) is 3. The quantitative estimate of drug-likeness (QED) is 0.552. The highest BCUT2D eigenvalue weighted by Crippen LogP contribution is 2.22. The van der Waals surface area contributed by atoms with Gasteiger partial charge in [0.15, 0.2) is 0 Å². The summed E-state index contributed by atoms with van der Waals surface area (Å²) in [6, 6.07) is 0.860. The number of nitrogen functional groups attached to an aromatic ring is 1. The van der Waals surface area contributed by atoms with Crippen molar-refractivity contribution in [1.82, 2.24) is 10.3 Å². The third-order valence-corrected chi connectivity index (χ3v) is 2.40. The number of aliphatic hydroxyl groups is 1. The Bertz CT molecular complexity index is 387. The van der Waals surface area contributed by atoms with Crippen LogP contribution in [-0.4, -0.2) is 28.5 Å². The molecule has 0 radical (unpaired) electrons. The van der Waals surface area contributed by atoms with Crippen molar-refractivity contribution in [2.75, 3.05) is 18.2 Å². The van der Waals surface area contributed by atoms with E-state index in [0.29, 0.717) is 11.3 Å². The SMILES string of the molecule is Nc1cnc(Cl)cc1[C@@H](CO)NC(=O)CCl. The van der Waals surface area contributed by atoms with Crippen LogP contribution in [0, 0.1) is 0 Å². The van der Waals surface area contributed by atoms with E-state index in [4.69, 9.17) is 34.0 Å². The fourth-order valence-corrected chi connectivity index (χ4v) is 1.45. The number of aromatic nitrogens is 1. The number of hydrogen-bond acceptors (Lipinski definition) is 4. The summed E-state index contributed by atoms with van der Waals surface area (Å²) in [7, 11) is 0. The Labute approximate surface area is 103 Å². The zero-order valence-electron chi connectivity index (χ0n) is 8.28. The molecular formula is C9H11Cl2N3O2. The summed E-state index contributed by atoms with van der Waals surface area (Å²) in [5, 5.41) is 11.9. The maximum absolute atomic E-state index is 11.1. The van der Waals surface area contributed by atoms with E-state index >= 15 is 0 Å². The van der Waals surface area contributed by atoms with Crippen molar-refractivity contribution in [3.8, 4) is 0 Å². The Kier molecular flexibility index (Phi) is 4.79. The minimum absolute atomic E-state index is 0.185. The predicted molar refractivity (Wildman–Crippen MR) is 62.3 cm³/mol. The van der Waals surface area contributed by atoms with Gasteiger partial charge in [0.1, 0.15) is 11.0 Å². The number of anilines is 1. The van der Waals surface area contributed by atoms with Crippen molar-refractivity contribution in [2.24, 2.45) is 0 Å². The number of rotatable bonds is 4. The average Bonchev–Trinajstić information content (AvgIpc) is 2.29. The number of carbonyl (C=O) groups excluding carboxylic acids is 1. The largest absolute Gasteiger partial charge is 0.397 e. The molecule has 0 aromatic carbocycles. The number of nitrogens with two attached hydrogens (primary N) is 1. The average molecular weight is 264 g/mol. The maximum Gasteiger partial charge on any atom is 0.235 e. The molecule has 0 aliphatic heterocycles. The molecule has 88 valence electrons. The van der Waals surface area contributed by atoms with E-state index in [1.165, 1.54) is 12.3 Å². The molecule has 5 nitrogen and oxygen atoms in total. The predicted octanol–water partition coefficient (Wildman–Crippen LogP) is 0.706. The molecule has 1 aromatic rings. The minimum Gasteiger partial charge on any atom is -0.397 e. The van der Waals surface area contributed by atoms with Crippen LogP contribution in [-0.2, 0) is 4.79 Å². The summed E-state index contributed by atoms with van der Waals surface area (Å²) in [6.07, 6.45) is 1.37. The molecule has 0 spiro atoms. The van der Waals surface area contributed by atoms with Gasteiger partial charge >= 0.3 is 0 Å². The number of nitrogens with one attached hydrogen (secondary N) is 1. The van der Waals surface area contributed by atoms with E-state index in [1.807, 2.05) is 0 Å². The molecule has 0 aliphatic carbocycles. The van der Waals surface area contributed by atoms with Crippen LogP contribution < -0.4 is 11.1 Å². The van der Waals surface area contributed by atoms with Gasteiger partial charge in [0.2, 0.25) is 5.91 Å². The van der Waals surface area contributed by atoms with Gasteiger partial charge in [-0.1, -0.05) is 11.6 Å². The fourth-order valence-electron chi connectivity index (χ4n) is 1.21. The lowest BCUT2D eigenvalue weighted by atomic mass is 10.1. The van der Waals surface area contributed by atoms with Crippen LogP contribution in [0.2, 0.25) is 5.15 Å². The molecule has 7 heteroatoms. The van der Waals surface area contributed by atoms with E-state index in [9.17, 15) is 4.79 Å². The third kappa shape index (κ3) is 3.23. The Morgan fingerprint density at radius 3 is 2.94 bits per heavy atom. The lowest BCUT2D eigenvalue weighted by Gasteiger charge is -2.17. The molecule has 4 N–H and O–H groups in total. The van der Waals surface area contributed by atoms with Gasteiger partial charge in [0.25, 0.3) is 0 Å². The van der Waals surface area contributed by atoms with Crippen LogP contribution in [0.15, 0.2) is 12.3 Å². The summed E-state index contributed by atoms with van der Waals surface area (Å²) in [5.41, 5.74) is 6.53. The molecular weight excluding hydrogens is 253 g/mol. The van der Waals surface area contributed by atoms with Gasteiger partial charge in [-0.05, 0) is 6.07 Å². The first kappa shape index (κ1) is 13.0. The summed E-state index contributed by atoms with van der Waals surface area (Å²) < 4.78 is 0. The summed E-state index contributed by atoms with van der Waals surface area (Å²) in [4.78, 5) is 14.9. The molecule has 16 heavy (non-hydrogen) atoms. The topological polar surface area (TPSA) is 88.2 Å². The van der Waals surface area contributed by atoms with Crippen molar-refractivity contribution in [2.45, 2.75) is 6.04 Å². The van der Waals surface area contributed by atoms with Gasteiger partial charge in [-0.25, -0.2) is 4.98 Å². The number of carbonyl (C=O) groups is 1. The molecule has 1 amide bonds. The first-order valence-corrected chi connectivity index (χ1v) is 5.36. The highest BCUT2D eigenvalue weighted by Gasteiger charge is 2.16. The molecule has 0 saturated heterocycles. The number of amides is 1. The Balaban J connectivity index is 2.94. The molecule has 1 heterocycles. The Hall–Kier alpha value is -1.04. The zero-order chi connectivity index (χ0) is 12.1. The van der Waals surface area contributed by atoms with Crippen LogP contribution >= 0.6 is 23.2 Å². The van der Waals surface area contributed by atoms with E-state index in [-0.39, 0.29) is 17.6 Å². The van der Waals surface area contributed by atoms with Crippen LogP contribution in [0.5, 0.6) is 0 Å². The lowest BCUT2D eigenvalue weighted by Crippen LogP contribution is -2.32. The van der Waals surface area contributed by atoms with Gasteiger partial charge in [0.05, 0.1) is 24.5 Å². The smallest absolute Gasteiger partial charge is 0.235 e. The fraction of sp³-hybridized carbons (Fsp3) is 0.333. The van der Waals surface area contributed by atoms with Crippen molar-refractivity contribution in [3.05, 3.63) is 23.0 Å². The first-order chi connectivity index (χ1) is 7.58. The normalized spacial score (nSPS) is 12.2. The van der Waals surface area contributed by atoms with Crippen LogP contribution in [0.25, 0.3) is 0 Å². The summed E-state index contributed by atoms with van der Waals surface area (Å²) in [6.45, 7) is -0.298. The van der Waals surface area contributed by atoms with Crippen LogP contribution in [0.1, 0.15) is 11.6 Å². The zero-order valence-corrected chi connectivity index (χ0v) is 9.79. The molecule has 0 fully saturated rings. The standard InChI is InChI=1S/C9H11Cl2N3O2/c10-2-9(16)14-7(4-15)5-1-8(11)13-3-6(5)12/h1,3,7,15H,2,4,12H2,(H,14,16)/t7-/m1/s1. The van der Waals surface area contributed by atoms with E-state index in [1.54, 1.807) is 0 Å². The number of alkyl halides is 1. The summed E-state index contributed by atoms with van der Waals surface area (Å²) in [5.74, 6) is -0.581. The molecule has 0 aliphatic rings. The van der Waals surface area contributed by atoms with Crippen LogP contribution in [0.4, 0.5) is 5.69 Å². The number of aliphatic hydroxyl groups excluding tert-OH is 1. The molecule has 1 rings (SSSR count). The van der Waals surface area contributed by atoms with Gasteiger partial charge in [-0.2, -0.15) is 0 Å². The van der Waals surface area contributed by atoms with Gasteiger partial charge < -0.3 is 16.2 Å². The second-order valence-corrected chi connectivity index (χ2v) is 3.73. The second kappa shape index (κ2) is 5.89. The highest BCUT2D eigenvalue weighted by molar-refractivity contribution is 6.29. The molecule has 0 bridgehead atoms. The number of nitrogens with zero attached hydrogens (tertiary/aromatic N) is 1. The van der Waals surface area contributed by atoms with Crippen molar-refractivity contribution in [3.63, 3.8) is 0 Å². The van der Waals surface area contributed by atoms with Crippen molar-refractivity contribution >= 4 is 34.8 Å². The van der Waals surface area contributed by atoms with Gasteiger partial charge in [-0.15, -0.1) is 11.6 Å². The van der Waals surface area contributed by atoms with E-state index < -0.39 is 11.9 Å².